The van der Waals surface area contributed by atoms with Gasteiger partial charge in [-0.05, 0) is 61.3 Å². The van der Waals surface area contributed by atoms with E-state index >= 15 is 0 Å². The van der Waals surface area contributed by atoms with Crippen molar-refractivity contribution in [2.75, 3.05) is 25.5 Å². The van der Waals surface area contributed by atoms with Crippen molar-refractivity contribution in [3.05, 3.63) is 58.1 Å². The molecule has 6 heteroatoms. The molecule has 3 rings (SSSR count). The molecule has 1 saturated heterocycles. The lowest BCUT2D eigenvalue weighted by Crippen LogP contribution is -2.40. The fourth-order valence-electron chi connectivity index (χ4n) is 3.22. The number of carbonyl (C=O) groups excluding carboxylic acids is 1. The van der Waals surface area contributed by atoms with Crippen molar-refractivity contribution in [1.82, 2.24) is 4.90 Å². The highest BCUT2D eigenvalue weighted by atomic mass is 35.5. The molecule has 0 aliphatic carbocycles. The summed E-state index contributed by atoms with van der Waals surface area (Å²) in [6.07, 6.45) is 1.89. The first-order valence-electron chi connectivity index (χ1n) is 8.66. The fourth-order valence-corrected chi connectivity index (χ4v) is 3.69. The molecule has 0 aromatic heterocycles. The summed E-state index contributed by atoms with van der Waals surface area (Å²) in [7, 11) is 1.62. The molecule has 1 heterocycles. The van der Waals surface area contributed by atoms with Gasteiger partial charge in [-0.2, -0.15) is 0 Å². The summed E-state index contributed by atoms with van der Waals surface area (Å²) in [5.41, 5.74) is 1.82. The second-order valence-corrected chi connectivity index (χ2v) is 7.37. The van der Waals surface area contributed by atoms with Gasteiger partial charge < -0.3 is 10.1 Å². The van der Waals surface area contributed by atoms with Crippen LogP contribution in [0.3, 0.4) is 0 Å². The molecule has 1 unspecified atom stereocenters. The number of piperidine rings is 1. The van der Waals surface area contributed by atoms with Crippen LogP contribution in [0.1, 0.15) is 18.4 Å². The third-order valence-corrected chi connectivity index (χ3v) is 5.23. The Balaban J connectivity index is 1.59. The molecule has 1 atom stereocenters. The number of anilines is 1. The van der Waals surface area contributed by atoms with Crippen molar-refractivity contribution < 1.29 is 9.53 Å². The van der Waals surface area contributed by atoms with Gasteiger partial charge in [0.25, 0.3) is 0 Å². The fraction of sp³-hybridized carbons (Fsp3) is 0.350. The van der Waals surface area contributed by atoms with Crippen LogP contribution in [-0.4, -0.2) is 31.0 Å². The third-order valence-electron chi connectivity index (χ3n) is 4.64. The standard InChI is InChI=1S/C20H22Cl2N2O2/c1-26-18-8-6-17(7-9-18)23-20(25)15-3-2-10-24(13-15)12-14-4-5-16(21)11-19(14)22/h4-9,11,15H,2-3,10,12-13H2,1H3,(H,23,25). The number of likely N-dealkylation sites (tertiary alicyclic amines) is 1. The Morgan fingerprint density at radius 3 is 2.69 bits per heavy atom. The Hall–Kier alpha value is -1.75. The molecule has 138 valence electrons. The molecule has 0 radical (unpaired) electrons. The molecule has 2 aromatic rings. The zero-order valence-electron chi connectivity index (χ0n) is 14.7. The number of nitrogens with zero attached hydrogens (tertiary/aromatic N) is 1. The van der Waals surface area contributed by atoms with E-state index in [-0.39, 0.29) is 11.8 Å². The molecule has 26 heavy (non-hydrogen) atoms. The molecule has 0 bridgehead atoms. The lowest BCUT2D eigenvalue weighted by Gasteiger charge is -2.32. The number of carbonyl (C=O) groups is 1. The van der Waals surface area contributed by atoms with Crippen molar-refractivity contribution in [2.45, 2.75) is 19.4 Å². The number of nitrogens with one attached hydrogen (secondary N) is 1. The van der Waals surface area contributed by atoms with Gasteiger partial charge in [0, 0.05) is 28.8 Å². The van der Waals surface area contributed by atoms with Crippen molar-refractivity contribution in [3.8, 4) is 5.75 Å². The summed E-state index contributed by atoms with van der Waals surface area (Å²) in [6, 6.07) is 12.9. The predicted molar refractivity (Wildman–Crippen MR) is 106 cm³/mol. The van der Waals surface area contributed by atoms with Crippen LogP contribution in [0.25, 0.3) is 0 Å². The topological polar surface area (TPSA) is 41.6 Å². The largest absolute Gasteiger partial charge is 0.497 e. The van der Waals surface area contributed by atoms with Crippen molar-refractivity contribution in [3.63, 3.8) is 0 Å². The molecule has 1 amide bonds. The summed E-state index contributed by atoms with van der Waals surface area (Å²) >= 11 is 12.2. The van der Waals surface area contributed by atoms with E-state index in [1.165, 1.54) is 0 Å². The monoisotopic (exact) mass is 392 g/mol. The zero-order valence-corrected chi connectivity index (χ0v) is 16.2. The van der Waals surface area contributed by atoms with Gasteiger partial charge in [0.2, 0.25) is 5.91 Å². The average Bonchev–Trinajstić information content (AvgIpc) is 2.65. The van der Waals surface area contributed by atoms with Gasteiger partial charge in [-0.3, -0.25) is 9.69 Å². The number of amides is 1. The van der Waals surface area contributed by atoms with Crippen LogP contribution in [0.15, 0.2) is 42.5 Å². The van der Waals surface area contributed by atoms with Crippen LogP contribution in [0.2, 0.25) is 10.0 Å². The molecule has 2 aromatic carbocycles. The Morgan fingerprint density at radius 1 is 1.23 bits per heavy atom. The summed E-state index contributed by atoms with van der Waals surface area (Å²) < 4.78 is 5.14. The van der Waals surface area contributed by atoms with E-state index < -0.39 is 0 Å². The van der Waals surface area contributed by atoms with Crippen LogP contribution in [0.5, 0.6) is 5.75 Å². The maximum atomic E-state index is 12.6. The summed E-state index contributed by atoms with van der Waals surface area (Å²) in [6.45, 7) is 2.41. The molecule has 0 spiro atoms. The number of hydrogen-bond donors (Lipinski definition) is 1. The lowest BCUT2D eigenvalue weighted by atomic mass is 9.96. The van der Waals surface area contributed by atoms with Gasteiger partial charge in [0.1, 0.15) is 5.75 Å². The first-order chi connectivity index (χ1) is 12.5. The number of ether oxygens (including phenoxy) is 1. The van der Waals surface area contributed by atoms with E-state index in [0.717, 1.165) is 49.5 Å². The molecular weight excluding hydrogens is 371 g/mol. The molecule has 4 nitrogen and oxygen atoms in total. The average molecular weight is 393 g/mol. The SMILES string of the molecule is COc1ccc(NC(=O)C2CCCN(Cc3ccc(Cl)cc3Cl)C2)cc1. The summed E-state index contributed by atoms with van der Waals surface area (Å²) in [5, 5.41) is 4.30. The minimum absolute atomic E-state index is 0.0306. The van der Waals surface area contributed by atoms with E-state index in [1.807, 2.05) is 36.4 Å². The van der Waals surface area contributed by atoms with Gasteiger partial charge in [0.15, 0.2) is 0 Å². The maximum Gasteiger partial charge on any atom is 0.228 e. The molecule has 0 saturated carbocycles. The Labute approximate surface area is 164 Å². The van der Waals surface area contributed by atoms with Crippen molar-refractivity contribution >= 4 is 34.8 Å². The number of rotatable bonds is 5. The van der Waals surface area contributed by atoms with Crippen molar-refractivity contribution in [1.29, 1.82) is 0 Å². The molecule has 1 fully saturated rings. The van der Waals surface area contributed by atoms with Crippen LogP contribution in [0, 0.1) is 5.92 Å². The van der Waals surface area contributed by atoms with Gasteiger partial charge in [-0.1, -0.05) is 29.3 Å². The second-order valence-electron chi connectivity index (χ2n) is 6.53. The maximum absolute atomic E-state index is 12.6. The molecular formula is C20H22Cl2N2O2. The van der Waals surface area contributed by atoms with Gasteiger partial charge in [-0.25, -0.2) is 0 Å². The summed E-state index contributed by atoms with van der Waals surface area (Å²) in [5.74, 6) is 0.797. The molecule has 1 aliphatic heterocycles. The summed E-state index contributed by atoms with van der Waals surface area (Å²) in [4.78, 5) is 14.9. The smallest absolute Gasteiger partial charge is 0.228 e. The van der Waals surface area contributed by atoms with E-state index in [1.54, 1.807) is 13.2 Å². The Kier molecular flexibility index (Phi) is 6.41. The van der Waals surface area contributed by atoms with Crippen LogP contribution < -0.4 is 10.1 Å². The second kappa shape index (κ2) is 8.76. The van der Waals surface area contributed by atoms with E-state index in [9.17, 15) is 4.79 Å². The number of methoxy groups -OCH3 is 1. The van der Waals surface area contributed by atoms with Crippen LogP contribution >= 0.6 is 23.2 Å². The number of halogens is 2. The molecule has 1 N–H and O–H groups in total. The third kappa shape index (κ3) is 4.91. The predicted octanol–water partition coefficient (Wildman–Crippen LogP) is 4.85. The Bertz CT molecular complexity index is 765. The van der Waals surface area contributed by atoms with Crippen LogP contribution in [-0.2, 0) is 11.3 Å². The normalized spacial score (nSPS) is 17.7. The highest BCUT2D eigenvalue weighted by Crippen LogP contribution is 2.25. The van der Waals surface area contributed by atoms with E-state index in [0.29, 0.717) is 10.0 Å². The van der Waals surface area contributed by atoms with Gasteiger partial charge in [-0.15, -0.1) is 0 Å². The molecule has 1 aliphatic rings. The highest BCUT2D eigenvalue weighted by Gasteiger charge is 2.26. The van der Waals surface area contributed by atoms with Crippen LogP contribution in [0.4, 0.5) is 5.69 Å². The number of hydrogen-bond acceptors (Lipinski definition) is 3. The van der Waals surface area contributed by atoms with Gasteiger partial charge >= 0.3 is 0 Å². The zero-order chi connectivity index (χ0) is 18.5. The minimum atomic E-state index is -0.0306. The highest BCUT2D eigenvalue weighted by molar-refractivity contribution is 6.35. The van der Waals surface area contributed by atoms with Crippen molar-refractivity contribution in [2.24, 2.45) is 5.92 Å². The van der Waals surface area contributed by atoms with Gasteiger partial charge in [0.05, 0.1) is 13.0 Å². The quantitative estimate of drug-likeness (QED) is 0.790. The first-order valence-corrected chi connectivity index (χ1v) is 9.42. The Morgan fingerprint density at radius 2 is 2.00 bits per heavy atom. The lowest BCUT2D eigenvalue weighted by molar-refractivity contribution is -0.121. The van der Waals surface area contributed by atoms with E-state index in [4.69, 9.17) is 27.9 Å². The first kappa shape index (κ1) is 19.0. The minimum Gasteiger partial charge on any atom is -0.497 e. The van der Waals surface area contributed by atoms with E-state index in [2.05, 4.69) is 10.2 Å². The number of benzene rings is 2.